The molecule has 0 heterocycles. The molecule has 0 bridgehead atoms. The van der Waals surface area contributed by atoms with Gasteiger partial charge in [-0.3, -0.25) is 4.79 Å². The number of hydrogen-bond donors (Lipinski definition) is 0. The van der Waals surface area contributed by atoms with Crippen LogP contribution in [0.1, 0.15) is 51.9 Å². The Bertz CT molecular complexity index is 330. The number of hydrogen-bond acceptors (Lipinski definition) is 1. The zero-order valence-corrected chi connectivity index (χ0v) is 10.2. The average molecular weight is 218 g/mol. The van der Waals surface area contributed by atoms with Crippen molar-refractivity contribution >= 4 is 5.78 Å². The maximum atomic E-state index is 12.2. The fourth-order valence-electron chi connectivity index (χ4n) is 4.96. The molecule has 0 aromatic heterocycles. The highest BCUT2D eigenvalue weighted by Gasteiger charge is 2.56. The van der Waals surface area contributed by atoms with Gasteiger partial charge in [0.05, 0.1) is 0 Å². The highest BCUT2D eigenvalue weighted by atomic mass is 16.1. The Morgan fingerprint density at radius 1 is 1.44 bits per heavy atom. The molecule has 0 radical (unpaired) electrons. The van der Waals surface area contributed by atoms with Crippen molar-refractivity contribution < 1.29 is 4.79 Å². The average Bonchev–Trinajstić information content (AvgIpc) is 2.66. The molecule has 0 aliphatic heterocycles. The van der Waals surface area contributed by atoms with Gasteiger partial charge in [-0.2, -0.15) is 0 Å². The van der Waals surface area contributed by atoms with Crippen LogP contribution >= 0.6 is 0 Å². The van der Waals surface area contributed by atoms with E-state index in [1.165, 1.54) is 25.7 Å². The molecule has 1 spiro atoms. The first-order valence-electron chi connectivity index (χ1n) is 6.98. The second-order valence-corrected chi connectivity index (χ2v) is 5.94. The molecule has 3 aliphatic carbocycles. The third kappa shape index (κ3) is 1.20. The zero-order chi connectivity index (χ0) is 11.2. The van der Waals surface area contributed by atoms with Crippen molar-refractivity contribution in [3.05, 3.63) is 12.2 Å². The van der Waals surface area contributed by atoms with E-state index in [1.807, 2.05) is 0 Å². The van der Waals surface area contributed by atoms with Gasteiger partial charge in [-0.1, -0.05) is 25.5 Å². The van der Waals surface area contributed by atoms with Crippen molar-refractivity contribution in [2.24, 2.45) is 23.2 Å². The predicted octanol–water partition coefficient (Wildman–Crippen LogP) is 3.74. The second kappa shape index (κ2) is 3.72. The highest BCUT2D eigenvalue weighted by Crippen LogP contribution is 2.62. The second-order valence-electron chi connectivity index (χ2n) is 5.94. The van der Waals surface area contributed by atoms with Crippen LogP contribution in [0.5, 0.6) is 0 Å². The van der Waals surface area contributed by atoms with E-state index in [4.69, 9.17) is 0 Å². The summed E-state index contributed by atoms with van der Waals surface area (Å²) >= 11 is 0. The van der Waals surface area contributed by atoms with Crippen molar-refractivity contribution in [1.82, 2.24) is 0 Å². The lowest BCUT2D eigenvalue weighted by atomic mass is 9.54. The monoisotopic (exact) mass is 218 g/mol. The van der Waals surface area contributed by atoms with Gasteiger partial charge in [-0.15, -0.1) is 0 Å². The van der Waals surface area contributed by atoms with Crippen LogP contribution < -0.4 is 0 Å². The Kier molecular flexibility index (Phi) is 2.45. The molecule has 0 unspecified atom stereocenters. The quantitative estimate of drug-likeness (QED) is 0.613. The van der Waals surface area contributed by atoms with Crippen LogP contribution in [0.3, 0.4) is 0 Å². The van der Waals surface area contributed by atoms with E-state index in [0.717, 1.165) is 31.1 Å². The van der Waals surface area contributed by atoms with E-state index in [0.29, 0.717) is 17.1 Å². The molecule has 16 heavy (non-hydrogen) atoms. The van der Waals surface area contributed by atoms with E-state index >= 15 is 0 Å². The van der Waals surface area contributed by atoms with Crippen molar-refractivity contribution in [3.8, 4) is 0 Å². The SMILES string of the molecule is CC[C@@H]1CC[C@@H]2C=CC[C@@H]3C(=O)CCC[C@@]132. The van der Waals surface area contributed by atoms with Crippen LogP contribution in [-0.2, 0) is 4.79 Å². The predicted molar refractivity (Wildman–Crippen MR) is 65.0 cm³/mol. The summed E-state index contributed by atoms with van der Waals surface area (Å²) < 4.78 is 0. The van der Waals surface area contributed by atoms with Crippen LogP contribution in [0.4, 0.5) is 0 Å². The largest absolute Gasteiger partial charge is 0.299 e. The minimum absolute atomic E-state index is 0.378. The van der Waals surface area contributed by atoms with Crippen LogP contribution in [0.2, 0.25) is 0 Å². The third-order valence-corrected chi connectivity index (χ3v) is 5.58. The normalized spacial score (nSPS) is 46.6. The van der Waals surface area contributed by atoms with E-state index in [-0.39, 0.29) is 0 Å². The molecule has 3 rings (SSSR count). The lowest BCUT2D eigenvalue weighted by Crippen LogP contribution is -2.47. The van der Waals surface area contributed by atoms with E-state index in [1.54, 1.807) is 0 Å². The number of Topliss-reactive ketones (excluding diaryl/α,β-unsaturated/α-hetero) is 1. The zero-order valence-electron chi connectivity index (χ0n) is 10.2. The van der Waals surface area contributed by atoms with Gasteiger partial charge in [-0.05, 0) is 49.4 Å². The van der Waals surface area contributed by atoms with Crippen molar-refractivity contribution in [3.63, 3.8) is 0 Å². The molecule has 0 aromatic rings. The first-order valence-corrected chi connectivity index (χ1v) is 6.98. The molecule has 1 nitrogen and oxygen atoms in total. The summed E-state index contributed by atoms with van der Waals surface area (Å²) in [6, 6.07) is 0. The first kappa shape index (κ1) is 10.6. The Labute approximate surface area is 98.3 Å². The molecule has 2 fully saturated rings. The summed E-state index contributed by atoms with van der Waals surface area (Å²) in [5.41, 5.74) is 0.388. The lowest BCUT2D eigenvalue weighted by molar-refractivity contribution is -0.134. The number of carbonyl (C=O) groups is 1. The summed E-state index contributed by atoms with van der Waals surface area (Å²) in [5, 5.41) is 0. The number of allylic oxidation sites excluding steroid dienone is 2. The standard InChI is InChI=1S/C15H22O/c1-2-11-8-9-12-5-3-6-13-14(16)7-4-10-15(11,12)13/h3,5,11-13H,2,4,6-10H2,1H3/t11-,12+,13-,15+/m1/s1. The molecule has 3 aliphatic rings. The molecule has 2 saturated carbocycles. The molecular formula is C15H22O. The Morgan fingerprint density at radius 2 is 2.31 bits per heavy atom. The van der Waals surface area contributed by atoms with Gasteiger partial charge in [0.2, 0.25) is 0 Å². The summed E-state index contributed by atoms with van der Waals surface area (Å²) in [6.07, 6.45) is 13.0. The highest BCUT2D eigenvalue weighted by molar-refractivity contribution is 5.83. The molecule has 1 heteroatoms. The van der Waals surface area contributed by atoms with Crippen molar-refractivity contribution in [1.29, 1.82) is 0 Å². The minimum Gasteiger partial charge on any atom is -0.299 e. The Hall–Kier alpha value is -0.590. The van der Waals surface area contributed by atoms with Gasteiger partial charge in [0.15, 0.2) is 0 Å². The fourth-order valence-corrected chi connectivity index (χ4v) is 4.96. The number of ketones is 1. The van der Waals surface area contributed by atoms with Crippen LogP contribution in [-0.4, -0.2) is 5.78 Å². The van der Waals surface area contributed by atoms with Crippen molar-refractivity contribution in [2.45, 2.75) is 51.9 Å². The molecule has 0 N–H and O–H groups in total. The number of rotatable bonds is 1. The van der Waals surface area contributed by atoms with Crippen LogP contribution in [0, 0.1) is 23.2 Å². The lowest BCUT2D eigenvalue weighted by Gasteiger charge is -2.49. The summed E-state index contributed by atoms with van der Waals surface area (Å²) in [4.78, 5) is 12.2. The maximum Gasteiger partial charge on any atom is 0.136 e. The van der Waals surface area contributed by atoms with E-state index in [2.05, 4.69) is 19.1 Å². The van der Waals surface area contributed by atoms with E-state index < -0.39 is 0 Å². The van der Waals surface area contributed by atoms with Crippen molar-refractivity contribution in [2.75, 3.05) is 0 Å². The van der Waals surface area contributed by atoms with Crippen LogP contribution in [0.15, 0.2) is 12.2 Å². The topological polar surface area (TPSA) is 17.1 Å². The smallest absolute Gasteiger partial charge is 0.136 e. The van der Waals surface area contributed by atoms with Gasteiger partial charge in [0.25, 0.3) is 0 Å². The molecule has 4 atom stereocenters. The van der Waals surface area contributed by atoms with Gasteiger partial charge in [0.1, 0.15) is 5.78 Å². The van der Waals surface area contributed by atoms with Gasteiger partial charge < -0.3 is 0 Å². The van der Waals surface area contributed by atoms with Gasteiger partial charge in [0, 0.05) is 12.3 Å². The Morgan fingerprint density at radius 3 is 3.12 bits per heavy atom. The molecule has 88 valence electrons. The number of carbonyl (C=O) groups excluding carboxylic acids is 1. The fraction of sp³-hybridized carbons (Fsp3) is 0.800. The molecule has 0 aromatic carbocycles. The van der Waals surface area contributed by atoms with Crippen LogP contribution in [0.25, 0.3) is 0 Å². The van der Waals surface area contributed by atoms with E-state index in [9.17, 15) is 4.79 Å². The third-order valence-electron chi connectivity index (χ3n) is 5.58. The van der Waals surface area contributed by atoms with Gasteiger partial charge in [-0.25, -0.2) is 0 Å². The molecular weight excluding hydrogens is 196 g/mol. The minimum atomic E-state index is 0.378. The van der Waals surface area contributed by atoms with Gasteiger partial charge >= 0.3 is 0 Å². The maximum absolute atomic E-state index is 12.2. The summed E-state index contributed by atoms with van der Waals surface area (Å²) in [7, 11) is 0. The summed E-state index contributed by atoms with van der Waals surface area (Å²) in [5.74, 6) is 2.49. The molecule has 0 saturated heterocycles. The molecule has 0 amide bonds. The first-order chi connectivity index (χ1) is 7.79. The Balaban J connectivity index is 2.03. The summed E-state index contributed by atoms with van der Waals surface area (Å²) in [6.45, 7) is 2.32.